The second-order valence-electron chi connectivity index (χ2n) is 5.41. The van der Waals surface area contributed by atoms with Crippen LogP contribution in [0.1, 0.15) is 36.9 Å². The molecule has 0 radical (unpaired) electrons. The van der Waals surface area contributed by atoms with Crippen molar-refractivity contribution in [3.63, 3.8) is 0 Å². The molecule has 104 valence electrons. The molecular weight excluding hydrogens is 254 g/mol. The Morgan fingerprint density at radius 3 is 2.16 bits per heavy atom. The highest BCUT2D eigenvalue weighted by molar-refractivity contribution is 7.80. The third kappa shape index (κ3) is 3.53. The number of piperazine rings is 1. The summed E-state index contributed by atoms with van der Waals surface area (Å²) in [5.41, 5.74) is 8.53. The standard InChI is InChI=1S/C15H23N3S/c1-11(2)12-3-5-13(6-4-12)14(15(16)19)18-9-7-17-8-10-18/h3-6,11,14,17H,7-10H2,1-2H3,(H2,16,19). The molecule has 1 aliphatic rings. The van der Waals surface area contributed by atoms with E-state index in [1.165, 1.54) is 11.1 Å². The van der Waals surface area contributed by atoms with E-state index in [2.05, 4.69) is 48.3 Å². The van der Waals surface area contributed by atoms with Gasteiger partial charge >= 0.3 is 0 Å². The Bertz CT molecular complexity index is 422. The molecule has 1 fully saturated rings. The molecule has 0 spiro atoms. The Hall–Kier alpha value is -0.970. The van der Waals surface area contributed by atoms with Crippen LogP contribution in [0.2, 0.25) is 0 Å². The summed E-state index contributed by atoms with van der Waals surface area (Å²) in [5.74, 6) is 0.552. The smallest absolute Gasteiger partial charge is 0.0948 e. The molecule has 3 N–H and O–H groups in total. The van der Waals surface area contributed by atoms with Crippen LogP contribution in [0, 0.1) is 0 Å². The van der Waals surface area contributed by atoms with Gasteiger partial charge < -0.3 is 11.1 Å². The summed E-state index contributed by atoms with van der Waals surface area (Å²) in [6, 6.07) is 8.78. The van der Waals surface area contributed by atoms with E-state index in [1.54, 1.807) is 0 Å². The Morgan fingerprint density at radius 2 is 1.68 bits per heavy atom. The maximum absolute atomic E-state index is 5.97. The highest BCUT2D eigenvalue weighted by Crippen LogP contribution is 2.24. The van der Waals surface area contributed by atoms with E-state index in [1.807, 2.05) is 0 Å². The van der Waals surface area contributed by atoms with Crippen molar-refractivity contribution < 1.29 is 0 Å². The van der Waals surface area contributed by atoms with Gasteiger partial charge in [-0.05, 0) is 17.0 Å². The van der Waals surface area contributed by atoms with Gasteiger partial charge in [0.05, 0.1) is 11.0 Å². The van der Waals surface area contributed by atoms with Crippen molar-refractivity contribution in [2.75, 3.05) is 26.2 Å². The predicted octanol–water partition coefficient (Wildman–Crippen LogP) is 2.04. The van der Waals surface area contributed by atoms with Gasteiger partial charge in [-0.25, -0.2) is 0 Å². The van der Waals surface area contributed by atoms with Crippen LogP contribution >= 0.6 is 12.2 Å². The maximum Gasteiger partial charge on any atom is 0.0948 e. The number of nitrogens with two attached hydrogens (primary N) is 1. The van der Waals surface area contributed by atoms with Crippen LogP contribution in [0.15, 0.2) is 24.3 Å². The molecule has 1 saturated heterocycles. The number of benzene rings is 1. The zero-order chi connectivity index (χ0) is 13.8. The summed E-state index contributed by atoms with van der Waals surface area (Å²) in [6.07, 6.45) is 0. The Morgan fingerprint density at radius 1 is 1.16 bits per heavy atom. The highest BCUT2D eigenvalue weighted by atomic mass is 32.1. The van der Waals surface area contributed by atoms with Crippen molar-refractivity contribution in [3.8, 4) is 0 Å². The molecular formula is C15H23N3S. The van der Waals surface area contributed by atoms with Crippen LogP contribution in [-0.2, 0) is 0 Å². The molecule has 4 heteroatoms. The minimum Gasteiger partial charge on any atom is -0.392 e. The van der Waals surface area contributed by atoms with E-state index in [0.29, 0.717) is 10.9 Å². The summed E-state index contributed by atoms with van der Waals surface area (Å²) in [7, 11) is 0. The summed E-state index contributed by atoms with van der Waals surface area (Å²) >= 11 is 5.28. The molecule has 0 bridgehead atoms. The number of rotatable bonds is 4. The summed E-state index contributed by atoms with van der Waals surface area (Å²) in [5, 5.41) is 3.36. The molecule has 2 rings (SSSR count). The van der Waals surface area contributed by atoms with E-state index in [0.717, 1.165) is 26.2 Å². The average Bonchev–Trinajstić information content (AvgIpc) is 2.40. The quantitative estimate of drug-likeness (QED) is 0.827. The minimum atomic E-state index is 0.0679. The SMILES string of the molecule is CC(C)c1ccc(C(C(N)=S)N2CCNCC2)cc1. The first-order chi connectivity index (χ1) is 9.09. The van der Waals surface area contributed by atoms with E-state index < -0.39 is 0 Å². The first-order valence-corrected chi connectivity index (χ1v) is 7.34. The van der Waals surface area contributed by atoms with Crippen molar-refractivity contribution in [2.24, 2.45) is 5.73 Å². The zero-order valence-corrected chi connectivity index (χ0v) is 12.5. The fourth-order valence-corrected chi connectivity index (χ4v) is 2.84. The second-order valence-corrected chi connectivity index (χ2v) is 5.88. The van der Waals surface area contributed by atoms with Crippen molar-refractivity contribution in [2.45, 2.75) is 25.8 Å². The van der Waals surface area contributed by atoms with Gasteiger partial charge in [-0.3, -0.25) is 4.90 Å². The molecule has 3 nitrogen and oxygen atoms in total. The predicted molar refractivity (Wildman–Crippen MR) is 84.5 cm³/mol. The van der Waals surface area contributed by atoms with Crippen LogP contribution < -0.4 is 11.1 Å². The van der Waals surface area contributed by atoms with Crippen LogP contribution in [-0.4, -0.2) is 36.1 Å². The first kappa shape index (κ1) is 14.4. The van der Waals surface area contributed by atoms with Crippen LogP contribution in [0.25, 0.3) is 0 Å². The van der Waals surface area contributed by atoms with Gasteiger partial charge in [0.2, 0.25) is 0 Å². The van der Waals surface area contributed by atoms with Gasteiger partial charge in [-0.15, -0.1) is 0 Å². The molecule has 1 aliphatic heterocycles. The lowest BCUT2D eigenvalue weighted by Gasteiger charge is -2.34. The molecule has 1 atom stereocenters. The molecule has 0 aromatic heterocycles. The van der Waals surface area contributed by atoms with Crippen LogP contribution in [0.5, 0.6) is 0 Å². The van der Waals surface area contributed by atoms with Crippen LogP contribution in [0.4, 0.5) is 0 Å². The van der Waals surface area contributed by atoms with Crippen molar-refractivity contribution >= 4 is 17.2 Å². The molecule has 0 saturated carbocycles. The molecule has 1 aromatic carbocycles. The summed E-state index contributed by atoms with van der Waals surface area (Å²) in [4.78, 5) is 2.93. The molecule has 0 aliphatic carbocycles. The number of nitrogens with one attached hydrogen (secondary N) is 1. The van der Waals surface area contributed by atoms with Crippen molar-refractivity contribution in [3.05, 3.63) is 35.4 Å². The molecule has 1 unspecified atom stereocenters. The topological polar surface area (TPSA) is 41.3 Å². The van der Waals surface area contributed by atoms with Gasteiger partial charge in [-0.2, -0.15) is 0 Å². The zero-order valence-electron chi connectivity index (χ0n) is 11.7. The van der Waals surface area contributed by atoms with Crippen molar-refractivity contribution in [1.29, 1.82) is 0 Å². The number of thiocarbonyl (C=S) groups is 1. The second kappa shape index (κ2) is 6.46. The van der Waals surface area contributed by atoms with Gasteiger partial charge in [0.25, 0.3) is 0 Å². The van der Waals surface area contributed by atoms with Crippen LogP contribution in [0.3, 0.4) is 0 Å². The third-order valence-corrected chi connectivity index (χ3v) is 3.93. The summed E-state index contributed by atoms with van der Waals surface area (Å²) in [6.45, 7) is 8.40. The van der Waals surface area contributed by atoms with Gasteiger partial charge in [-0.1, -0.05) is 50.3 Å². The number of hydrogen-bond donors (Lipinski definition) is 2. The molecule has 1 heterocycles. The normalized spacial score (nSPS) is 18.5. The molecule has 0 amide bonds. The Balaban J connectivity index is 2.20. The van der Waals surface area contributed by atoms with Gasteiger partial charge in [0, 0.05) is 26.2 Å². The van der Waals surface area contributed by atoms with Crippen molar-refractivity contribution in [1.82, 2.24) is 10.2 Å². The fourth-order valence-electron chi connectivity index (χ4n) is 2.56. The number of hydrogen-bond acceptors (Lipinski definition) is 3. The van der Waals surface area contributed by atoms with Gasteiger partial charge in [0.15, 0.2) is 0 Å². The largest absolute Gasteiger partial charge is 0.392 e. The Labute approximate surface area is 121 Å². The van der Waals surface area contributed by atoms with E-state index in [4.69, 9.17) is 18.0 Å². The lowest BCUT2D eigenvalue weighted by molar-refractivity contribution is 0.215. The Kier molecular flexibility index (Phi) is 4.91. The average molecular weight is 277 g/mol. The maximum atomic E-state index is 5.97. The number of nitrogens with zero attached hydrogens (tertiary/aromatic N) is 1. The lowest BCUT2D eigenvalue weighted by Crippen LogP contribution is -2.48. The monoisotopic (exact) mass is 277 g/mol. The van der Waals surface area contributed by atoms with E-state index in [9.17, 15) is 0 Å². The van der Waals surface area contributed by atoms with Gasteiger partial charge in [0.1, 0.15) is 0 Å². The van der Waals surface area contributed by atoms with E-state index in [-0.39, 0.29) is 6.04 Å². The molecule has 19 heavy (non-hydrogen) atoms. The fraction of sp³-hybridized carbons (Fsp3) is 0.533. The lowest BCUT2D eigenvalue weighted by atomic mass is 9.98. The first-order valence-electron chi connectivity index (χ1n) is 6.93. The van der Waals surface area contributed by atoms with E-state index >= 15 is 0 Å². The molecule has 1 aromatic rings. The highest BCUT2D eigenvalue weighted by Gasteiger charge is 2.24. The third-order valence-electron chi connectivity index (χ3n) is 3.71. The minimum absolute atomic E-state index is 0.0679. The summed E-state index contributed by atoms with van der Waals surface area (Å²) < 4.78 is 0.